The topological polar surface area (TPSA) is 29.5 Å². The zero-order valence-electron chi connectivity index (χ0n) is 9.88. The van der Waals surface area contributed by atoms with Gasteiger partial charge in [-0.25, -0.2) is 4.39 Å². The molecule has 0 saturated heterocycles. The maximum absolute atomic E-state index is 13.8. The van der Waals surface area contributed by atoms with Crippen molar-refractivity contribution in [3.05, 3.63) is 28.6 Å². The first kappa shape index (κ1) is 11.4. The number of rotatable bonds is 1. The van der Waals surface area contributed by atoms with Crippen LogP contribution in [0.3, 0.4) is 0 Å². The molecule has 2 nitrogen and oxygen atoms in total. The van der Waals surface area contributed by atoms with Crippen LogP contribution < -0.4 is 4.74 Å². The lowest BCUT2D eigenvalue weighted by Gasteiger charge is -2.26. The predicted octanol–water partition coefficient (Wildman–Crippen LogP) is 3.07. The van der Waals surface area contributed by atoms with Crippen LogP contribution in [0.2, 0.25) is 0 Å². The van der Waals surface area contributed by atoms with Gasteiger partial charge in [-0.3, -0.25) is 0 Å². The number of aliphatic hydroxyl groups excluding tert-OH is 1. The van der Waals surface area contributed by atoms with E-state index in [4.69, 9.17) is 4.74 Å². The molecule has 0 amide bonds. The largest absolute Gasteiger partial charge is 0.490 e. The first-order valence-corrected chi connectivity index (χ1v) is 5.66. The summed E-state index contributed by atoms with van der Waals surface area (Å²) in [6.45, 7) is 6.34. The quantitative estimate of drug-likeness (QED) is 0.794. The zero-order chi connectivity index (χ0) is 11.9. The summed E-state index contributed by atoms with van der Waals surface area (Å²) in [4.78, 5) is 0. The molecule has 1 aliphatic rings. The smallest absolute Gasteiger partial charge is 0.165 e. The Balaban J connectivity index is 2.64. The van der Waals surface area contributed by atoms with Crippen molar-refractivity contribution in [2.24, 2.45) is 0 Å². The highest BCUT2D eigenvalue weighted by atomic mass is 19.1. The molecule has 0 bridgehead atoms. The van der Waals surface area contributed by atoms with Crippen molar-refractivity contribution < 1.29 is 14.2 Å². The number of aliphatic hydroxyl groups is 1. The normalized spacial score (nSPS) is 19.5. The second kappa shape index (κ2) is 4.06. The number of fused-ring (bicyclic) bond motifs is 1. The van der Waals surface area contributed by atoms with Gasteiger partial charge in [-0.05, 0) is 30.0 Å². The summed E-state index contributed by atoms with van der Waals surface area (Å²) in [6, 6.07) is 1.52. The van der Waals surface area contributed by atoms with Gasteiger partial charge in [0.2, 0.25) is 0 Å². The molecule has 1 N–H and O–H groups in total. The fraction of sp³-hybridized carbons (Fsp3) is 0.538. The molecule has 1 aromatic rings. The van der Waals surface area contributed by atoms with E-state index in [0.717, 1.165) is 11.1 Å². The minimum Gasteiger partial charge on any atom is -0.490 e. The van der Waals surface area contributed by atoms with Crippen LogP contribution in [0.5, 0.6) is 5.75 Å². The van der Waals surface area contributed by atoms with Crippen LogP contribution in [0.15, 0.2) is 6.07 Å². The molecule has 0 saturated carbocycles. The minimum absolute atomic E-state index is 0.237. The van der Waals surface area contributed by atoms with Gasteiger partial charge >= 0.3 is 0 Å². The molecule has 0 spiro atoms. The molecule has 0 aliphatic carbocycles. The number of hydrogen-bond acceptors (Lipinski definition) is 2. The molecule has 1 atom stereocenters. The molecule has 1 unspecified atom stereocenters. The third kappa shape index (κ3) is 1.69. The SMILES string of the molecule is Cc1c(C(C)C)cc(F)c2c1C(O)CCO2. The van der Waals surface area contributed by atoms with Crippen molar-refractivity contribution in [3.8, 4) is 5.75 Å². The van der Waals surface area contributed by atoms with Gasteiger partial charge < -0.3 is 9.84 Å². The highest BCUT2D eigenvalue weighted by Crippen LogP contribution is 2.39. The van der Waals surface area contributed by atoms with Crippen LogP contribution in [-0.2, 0) is 0 Å². The fourth-order valence-corrected chi connectivity index (χ4v) is 2.33. The molecule has 16 heavy (non-hydrogen) atoms. The van der Waals surface area contributed by atoms with Crippen molar-refractivity contribution in [1.82, 2.24) is 0 Å². The van der Waals surface area contributed by atoms with E-state index in [1.165, 1.54) is 6.07 Å². The Bertz CT molecular complexity index is 413. The maximum atomic E-state index is 13.8. The Hall–Kier alpha value is -1.09. The van der Waals surface area contributed by atoms with Crippen molar-refractivity contribution in [2.75, 3.05) is 6.61 Å². The molecule has 1 heterocycles. The standard InChI is InChI=1S/C13H17FO2/c1-7(2)9-6-10(14)13-12(8(9)3)11(15)4-5-16-13/h6-7,11,15H,4-5H2,1-3H3. The van der Waals surface area contributed by atoms with Crippen LogP contribution in [0.4, 0.5) is 4.39 Å². The third-order valence-corrected chi connectivity index (χ3v) is 3.17. The number of ether oxygens (including phenoxy) is 1. The van der Waals surface area contributed by atoms with Gasteiger partial charge in [0.05, 0.1) is 12.7 Å². The second-order valence-electron chi connectivity index (χ2n) is 4.62. The Morgan fingerprint density at radius 1 is 1.50 bits per heavy atom. The summed E-state index contributed by atoms with van der Waals surface area (Å²) in [6.07, 6.45) is -0.0635. The van der Waals surface area contributed by atoms with E-state index in [1.807, 2.05) is 20.8 Å². The fourth-order valence-electron chi connectivity index (χ4n) is 2.33. The van der Waals surface area contributed by atoms with Gasteiger partial charge in [0.15, 0.2) is 11.6 Å². The monoisotopic (exact) mass is 224 g/mol. The molecule has 0 aromatic heterocycles. The van der Waals surface area contributed by atoms with E-state index in [1.54, 1.807) is 0 Å². The molecule has 0 radical (unpaired) electrons. The molecular formula is C13H17FO2. The average Bonchev–Trinajstić information content (AvgIpc) is 2.22. The average molecular weight is 224 g/mol. The van der Waals surface area contributed by atoms with E-state index < -0.39 is 6.10 Å². The Kier molecular flexibility index (Phi) is 2.89. The van der Waals surface area contributed by atoms with E-state index in [-0.39, 0.29) is 17.5 Å². The van der Waals surface area contributed by atoms with E-state index in [0.29, 0.717) is 18.6 Å². The summed E-state index contributed by atoms with van der Waals surface area (Å²) in [5, 5.41) is 9.93. The summed E-state index contributed by atoms with van der Waals surface area (Å²) in [5.74, 6) is 0.123. The molecule has 88 valence electrons. The van der Waals surface area contributed by atoms with E-state index in [2.05, 4.69) is 0 Å². The summed E-state index contributed by atoms with van der Waals surface area (Å²) < 4.78 is 19.1. The molecule has 1 aromatic carbocycles. The van der Waals surface area contributed by atoms with Crippen molar-refractivity contribution in [3.63, 3.8) is 0 Å². The van der Waals surface area contributed by atoms with Gasteiger partial charge in [0.25, 0.3) is 0 Å². The first-order chi connectivity index (χ1) is 7.52. The van der Waals surface area contributed by atoms with Crippen molar-refractivity contribution >= 4 is 0 Å². The van der Waals surface area contributed by atoms with Crippen LogP contribution >= 0.6 is 0 Å². The van der Waals surface area contributed by atoms with E-state index >= 15 is 0 Å². The van der Waals surface area contributed by atoms with E-state index in [9.17, 15) is 9.50 Å². The minimum atomic E-state index is -0.600. The summed E-state index contributed by atoms with van der Waals surface area (Å²) in [7, 11) is 0. The lowest BCUT2D eigenvalue weighted by Crippen LogP contribution is -2.17. The van der Waals surface area contributed by atoms with Crippen LogP contribution in [-0.4, -0.2) is 11.7 Å². The zero-order valence-corrected chi connectivity index (χ0v) is 9.88. The Labute approximate surface area is 95.1 Å². The lowest BCUT2D eigenvalue weighted by atomic mass is 9.89. The predicted molar refractivity (Wildman–Crippen MR) is 60.3 cm³/mol. The molecule has 3 heteroatoms. The van der Waals surface area contributed by atoms with Crippen molar-refractivity contribution in [1.29, 1.82) is 0 Å². The maximum Gasteiger partial charge on any atom is 0.165 e. The van der Waals surface area contributed by atoms with Gasteiger partial charge in [0, 0.05) is 12.0 Å². The van der Waals surface area contributed by atoms with Gasteiger partial charge in [-0.1, -0.05) is 13.8 Å². The lowest BCUT2D eigenvalue weighted by molar-refractivity contribution is 0.111. The highest BCUT2D eigenvalue weighted by molar-refractivity contribution is 5.48. The van der Waals surface area contributed by atoms with Gasteiger partial charge in [-0.15, -0.1) is 0 Å². The van der Waals surface area contributed by atoms with Gasteiger partial charge in [-0.2, -0.15) is 0 Å². The third-order valence-electron chi connectivity index (χ3n) is 3.17. The Morgan fingerprint density at radius 2 is 2.19 bits per heavy atom. The molecule has 2 rings (SSSR count). The first-order valence-electron chi connectivity index (χ1n) is 5.66. The molecule has 0 fully saturated rings. The highest BCUT2D eigenvalue weighted by Gasteiger charge is 2.26. The van der Waals surface area contributed by atoms with Gasteiger partial charge in [0.1, 0.15) is 0 Å². The molecular weight excluding hydrogens is 207 g/mol. The van der Waals surface area contributed by atoms with Crippen LogP contribution in [0.25, 0.3) is 0 Å². The van der Waals surface area contributed by atoms with Crippen LogP contribution in [0.1, 0.15) is 49.0 Å². The van der Waals surface area contributed by atoms with Crippen LogP contribution in [0, 0.1) is 12.7 Å². The Morgan fingerprint density at radius 3 is 2.81 bits per heavy atom. The second-order valence-corrected chi connectivity index (χ2v) is 4.62. The number of hydrogen-bond donors (Lipinski definition) is 1. The summed E-state index contributed by atoms with van der Waals surface area (Å²) >= 11 is 0. The molecule has 1 aliphatic heterocycles. The van der Waals surface area contributed by atoms with Crippen molar-refractivity contribution in [2.45, 2.75) is 39.2 Å². The number of benzene rings is 1. The summed E-state index contributed by atoms with van der Waals surface area (Å²) in [5.41, 5.74) is 2.54. The number of halogens is 1.